The van der Waals surface area contributed by atoms with Gasteiger partial charge in [0.05, 0.1) is 6.10 Å². The highest BCUT2D eigenvalue weighted by molar-refractivity contribution is 4.92. The standard InChI is InChI=1S/C15H30N2O/c1-11(2)13-5-6-15(18)14(9-13)17-8-7-16(4)10-12(17)3/h11-15,18H,5-10H2,1-4H3. The van der Waals surface area contributed by atoms with Crippen LogP contribution in [0.5, 0.6) is 0 Å². The molecule has 4 atom stereocenters. The lowest BCUT2D eigenvalue weighted by Crippen LogP contribution is -2.58. The van der Waals surface area contributed by atoms with Crippen molar-refractivity contribution < 1.29 is 5.11 Å². The number of piperazine rings is 1. The molecule has 3 heteroatoms. The van der Waals surface area contributed by atoms with E-state index < -0.39 is 0 Å². The van der Waals surface area contributed by atoms with Gasteiger partial charge in [-0.3, -0.25) is 4.90 Å². The molecule has 1 saturated carbocycles. The molecule has 2 rings (SSSR count). The minimum Gasteiger partial charge on any atom is -0.391 e. The van der Waals surface area contributed by atoms with Crippen molar-refractivity contribution in [3.05, 3.63) is 0 Å². The highest BCUT2D eigenvalue weighted by Gasteiger charge is 2.37. The van der Waals surface area contributed by atoms with Gasteiger partial charge in [0.2, 0.25) is 0 Å². The number of nitrogens with zero attached hydrogens (tertiary/aromatic N) is 2. The predicted molar refractivity (Wildman–Crippen MR) is 75.6 cm³/mol. The zero-order valence-electron chi connectivity index (χ0n) is 12.5. The smallest absolute Gasteiger partial charge is 0.0695 e. The quantitative estimate of drug-likeness (QED) is 0.814. The summed E-state index contributed by atoms with van der Waals surface area (Å²) in [6.45, 7) is 10.3. The van der Waals surface area contributed by atoms with Crippen molar-refractivity contribution in [1.82, 2.24) is 9.80 Å². The van der Waals surface area contributed by atoms with Gasteiger partial charge in [0.15, 0.2) is 0 Å². The molecule has 2 aliphatic rings. The second kappa shape index (κ2) is 5.89. The van der Waals surface area contributed by atoms with Crippen molar-refractivity contribution in [2.75, 3.05) is 26.7 Å². The van der Waals surface area contributed by atoms with E-state index in [1.165, 1.54) is 12.8 Å². The summed E-state index contributed by atoms with van der Waals surface area (Å²) in [4.78, 5) is 4.97. The van der Waals surface area contributed by atoms with E-state index in [4.69, 9.17) is 0 Å². The van der Waals surface area contributed by atoms with Crippen LogP contribution in [0.4, 0.5) is 0 Å². The third kappa shape index (κ3) is 3.06. The average Bonchev–Trinajstić information content (AvgIpc) is 2.30. The fourth-order valence-corrected chi connectivity index (χ4v) is 3.77. The Bertz CT molecular complexity index is 269. The number of likely N-dealkylation sites (N-methyl/N-ethyl adjacent to an activating group) is 1. The van der Waals surface area contributed by atoms with Crippen LogP contribution in [0.1, 0.15) is 40.0 Å². The van der Waals surface area contributed by atoms with Crippen molar-refractivity contribution in [2.24, 2.45) is 11.8 Å². The molecule has 18 heavy (non-hydrogen) atoms. The van der Waals surface area contributed by atoms with Gasteiger partial charge >= 0.3 is 0 Å². The van der Waals surface area contributed by atoms with Crippen LogP contribution < -0.4 is 0 Å². The molecule has 1 saturated heterocycles. The maximum Gasteiger partial charge on any atom is 0.0695 e. The maximum absolute atomic E-state index is 10.3. The van der Waals surface area contributed by atoms with Crippen molar-refractivity contribution in [3.63, 3.8) is 0 Å². The van der Waals surface area contributed by atoms with Gasteiger partial charge in [0.1, 0.15) is 0 Å². The van der Waals surface area contributed by atoms with Crippen molar-refractivity contribution in [2.45, 2.75) is 58.2 Å². The molecule has 1 aliphatic heterocycles. The molecule has 0 bridgehead atoms. The third-order valence-electron chi connectivity index (χ3n) is 5.07. The van der Waals surface area contributed by atoms with E-state index in [-0.39, 0.29) is 6.10 Å². The van der Waals surface area contributed by atoms with E-state index in [2.05, 4.69) is 37.6 Å². The first-order valence-corrected chi connectivity index (χ1v) is 7.61. The number of hydrogen-bond donors (Lipinski definition) is 1. The minimum absolute atomic E-state index is 0.106. The molecule has 0 aromatic rings. The fraction of sp³-hybridized carbons (Fsp3) is 1.00. The summed E-state index contributed by atoms with van der Waals surface area (Å²) >= 11 is 0. The molecule has 0 radical (unpaired) electrons. The molecule has 4 unspecified atom stereocenters. The molecule has 0 aromatic carbocycles. The topological polar surface area (TPSA) is 26.7 Å². The fourth-order valence-electron chi connectivity index (χ4n) is 3.77. The van der Waals surface area contributed by atoms with Crippen LogP contribution in [0.15, 0.2) is 0 Å². The predicted octanol–water partition coefficient (Wildman–Crippen LogP) is 1.81. The second-order valence-corrected chi connectivity index (χ2v) is 6.80. The lowest BCUT2D eigenvalue weighted by Gasteiger charge is -2.48. The van der Waals surface area contributed by atoms with Crippen LogP contribution in [0.25, 0.3) is 0 Å². The van der Waals surface area contributed by atoms with Crippen LogP contribution >= 0.6 is 0 Å². The van der Waals surface area contributed by atoms with Crippen molar-refractivity contribution in [1.29, 1.82) is 0 Å². The summed E-state index contributed by atoms with van der Waals surface area (Å²) < 4.78 is 0. The first-order chi connectivity index (χ1) is 8.49. The Hall–Kier alpha value is -0.120. The number of hydrogen-bond acceptors (Lipinski definition) is 3. The van der Waals surface area contributed by atoms with Gasteiger partial charge in [0, 0.05) is 31.7 Å². The molecule has 106 valence electrons. The molecular formula is C15H30N2O. The van der Waals surface area contributed by atoms with Gasteiger partial charge in [0.25, 0.3) is 0 Å². The molecule has 1 N–H and O–H groups in total. The zero-order chi connectivity index (χ0) is 13.3. The maximum atomic E-state index is 10.3. The van der Waals surface area contributed by atoms with Gasteiger partial charge in [-0.15, -0.1) is 0 Å². The van der Waals surface area contributed by atoms with Gasteiger partial charge in [-0.1, -0.05) is 13.8 Å². The summed E-state index contributed by atoms with van der Waals surface area (Å²) in [5, 5.41) is 10.3. The van der Waals surface area contributed by atoms with Gasteiger partial charge in [-0.25, -0.2) is 0 Å². The van der Waals surface area contributed by atoms with E-state index in [9.17, 15) is 5.11 Å². The average molecular weight is 254 g/mol. The molecule has 1 aliphatic carbocycles. The van der Waals surface area contributed by atoms with Gasteiger partial charge in [-0.2, -0.15) is 0 Å². The normalized spacial score (nSPS) is 40.3. The molecule has 3 nitrogen and oxygen atoms in total. The number of aliphatic hydroxyl groups is 1. The van der Waals surface area contributed by atoms with E-state index in [1.807, 2.05) is 0 Å². The molecular weight excluding hydrogens is 224 g/mol. The van der Waals surface area contributed by atoms with E-state index >= 15 is 0 Å². The Morgan fingerprint density at radius 1 is 1.17 bits per heavy atom. The Morgan fingerprint density at radius 2 is 1.89 bits per heavy atom. The SMILES string of the molecule is CC(C)C1CCC(O)C(N2CCN(C)CC2C)C1. The molecule has 1 heterocycles. The zero-order valence-corrected chi connectivity index (χ0v) is 12.5. The lowest BCUT2D eigenvalue weighted by atomic mass is 9.77. The van der Waals surface area contributed by atoms with Gasteiger partial charge < -0.3 is 10.0 Å². The van der Waals surface area contributed by atoms with Crippen LogP contribution in [0.2, 0.25) is 0 Å². The summed E-state index contributed by atoms with van der Waals surface area (Å²) in [5.41, 5.74) is 0. The van der Waals surface area contributed by atoms with Crippen LogP contribution in [-0.4, -0.2) is 59.8 Å². The first kappa shape index (κ1) is 14.3. The van der Waals surface area contributed by atoms with Crippen LogP contribution in [0, 0.1) is 11.8 Å². The summed E-state index contributed by atoms with van der Waals surface area (Å²) in [6, 6.07) is 0.976. The Balaban J connectivity index is 2.01. The second-order valence-electron chi connectivity index (χ2n) is 6.80. The Labute approximate surface area is 112 Å². The van der Waals surface area contributed by atoms with Crippen molar-refractivity contribution >= 4 is 0 Å². The molecule has 0 aromatic heterocycles. The Morgan fingerprint density at radius 3 is 2.50 bits per heavy atom. The number of aliphatic hydroxyl groups excluding tert-OH is 1. The summed E-state index contributed by atoms with van der Waals surface area (Å²) in [7, 11) is 2.20. The van der Waals surface area contributed by atoms with Crippen LogP contribution in [-0.2, 0) is 0 Å². The van der Waals surface area contributed by atoms with E-state index in [0.717, 1.165) is 37.9 Å². The van der Waals surface area contributed by atoms with E-state index in [0.29, 0.717) is 12.1 Å². The molecule has 0 amide bonds. The first-order valence-electron chi connectivity index (χ1n) is 7.61. The monoisotopic (exact) mass is 254 g/mol. The molecule has 2 fully saturated rings. The minimum atomic E-state index is -0.106. The highest BCUT2D eigenvalue weighted by Crippen LogP contribution is 2.34. The van der Waals surface area contributed by atoms with Crippen molar-refractivity contribution in [3.8, 4) is 0 Å². The summed E-state index contributed by atoms with van der Waals surface area (Å²) in [6.07, 6.45) is 3.28. The van der Waals surface area contributed by atoms with Gasteiger partial charge in [-0.05, 0) is 45.1 Å². The Kier molecular flexibility index (Phi) is 4.68. The summed E-state index contributed by atoms with van der Waals surface area (Å²) in [5.74, 6) is 1.55. The lowest BCUT2D eigenvalue weighted by molar-refractivity contribution is -0.0414. The number of rotatable bonds is 2. The molecule has 0 spiro atoms. The van der Waals surface area contributed by atoms with E-state index in [1.54, 1.807) is 0 Å². The highest BCUT2D eigenvalue weighted by atomic mass is 16.3. The third-order valence-corrected chi connectivity index (χ3v) is 5.07. The largest absolute Gasteiger partial charge is 0.391 e. The van der Waals surface area contributed by atoms with Crippen LogP contribution in [0.3, 0.4) is 0 Å².